The summed E-state index contributed by atoms with van der Waals surface area (Å²) in [7, 11) is 0. The average molecular weight is 693 g/mol. The number of hydrazine groups is 1. The molecule has 1 aromatic carbocycles. The number of amides is 2. The fourth-order valence-electron chi connectivity index (χ4n) is 6.87. The smallest absolute Gasteiger partial charge is 0.235 e. The summed E-state index contributed by atoms with van der Waals surface area (Å²) in [5.41, 5.74) is 8.43. The Balaban J connectivity index is 1.45. The van der Waals surface area contributed by atoms with E-state index in [2.05, 4.69) is 21.5 Å². The van der Waals surface area contributed by atoms with Crippen molar-refractivity contribution in [1.29, 1.82) is 0 Å². The van der Waals surface area contributed by atoms with Crippen molar-refractivity contribution < 1.29 is 33.9 Å². The predicted octanol–water partition coefficient (Wildman–Crippen LogP) is 2.48. The maximum Gasteiger partial charge on any atom is 0.235 e. The second-order valence-corrected chi connectivity index (χ2v) is 14.9. The molecular formula is C37H48N4O7S. The van der Waals surface area contributed by atoms with E-state index in [1.54, 1.807) is 31.2 Å². The van der Waals surface area contributed by atoms with E-state index in [0.29, 0.717) is 17.7 Å². The molecule has 12 heteroatoms. The minimum absolute atomic E-state index is 0.0579. The molecule has 0 bridgehead atoms. The molecule has 3 aliphatic carbocycles. The Morgan fingerprint density at radius 3 is 2.27 bits per heavy atom. The number of hydrogen-bond donors (Lipinski definition) is 5. The molecule has 1 aromatic rings. The second-order valence-electron chi connectivity index (χ2n) is 13.9. The first-order valence-electron chi connectivity index (χ1n) is 16.7. The van der Waals surface area contributed by atoms with Gasteiger partial charge in [0.2, 0.25) is 23.4 Å². The summed E-state index contributed by atoms with van der Waals surface area (Å²) in [4.78, 5) is 77.3. The average Bonchev–Trinajstić information content (AvgIpc) is 3.81. The van der Waals surface area contributed by atoms with Crippen LogP contribution in [0, 0.1) is 11.3 Å². The summed E-state index contributed by atoms with van der Waals surface area (Å²) in [6, 6.07) is 6.13. The molecule has 1 spiro atoms. The molecule has 1 saturated carbocycles. The zero-order valence-corrected chi connectivity index (χ0v) is 29.9. The number of hydrogen-bond acceptors (Lipinski definition) is 10. The zero-order chi connectivity index (χ0) is 36.1. The molecule has 5 N–H and O–H groups in total. The number of aldehydes is 1. The molecule has 0 aliphatic heterocycles. The van der Waals surface area contributed by atoms with E-state index in [0.717, 1.165) is 47.0 Å². The third kappa shape index (κ3) is 8.54. The number of benzene rings is 1. The quantitative estimate of drug-likeness (QED) is 0.0875. The van der Waals surface area contributed by atoms with E-state index in [-0.39, 0.29) is 30.4 Å². The first-order valence-corrected chi connectivity index (χ1v) is 17.9. The minimum Gasteiger partial charge on any atom is -0.381 e. The van der Waals surface area contributed by atoms with Crippen LogP contribution in [0.25, 0.3) is 0 Å². The Bertz CT molecular complexity index is 1590. The Labute approximate surface area is 292 Å². The number of ketones is 3. The monoisotopic (exact) mass is 692 g/mol. The van der Waals surface area contributed by atoms with Crippen LogP contribution < -0.4 is 21.5 Å². The van der Waals surface area contributed by atoms with Crippen LogP contribution >= 0.6 is 11.8 Å². The molecule has 0 heterocycles. The van der Waals surface area contributed by atoms with Crippen molar-refractivity contribution >= 4 is 47.2 Å². The molecule has 49 heavy (non-hydrogen) atoms. The van der Waals surface area contributed by atoms with Crippen molar-refractivity contribution in [3.05, 3.63) is 69.8 Å². The second kappa shape index (κ2) is 15.9. The molecule has 0 radical (unpaired) electrons. The Morgan fingerprint density at radius 2 is 1.67 bits per heavy atom. The van der Waals surface area contributed by atoms with Crippen LogP contribution in [0.1, 0.15) is 66.4 Å². The molecule has 0 saturated heterocycles. The van der Waals surface area contributed by atoms with E-state index in [1.807, 2.05) is 39.8 Å². The van der Waals surface area contributed by atoms with Crippen LogP contribution in [0.3, 0.4) is 0 Å². The lowest BCUT2D eigenvalue weighted by Gasteiger charge is -2.39. The highest BCUT2D eigenvalue weighted by atomic mass is 32.2. The highest BCUT2D eigenvalue weighted by molar-refractivity contribution is 7.99. The SMILES string of the molecule is CC(=O)N[C@@H](CSCC1=C(C)C=C2C(=O)[C@](C)(O)C3(CC3)C(C)=C21)C(=O)C(=O)[C@H](Cc1ccccc1)NC(=O)CNN[C@H](C=O)CC(C)C. The van der Waals surface area contributed by atoms with Crippen LogP contribution in [0.2, 0.25) is 0 Å². The van der Waals surface area contributed by atoms with Gasteiger partial charge in [-0.05, 0) is 74.3 Å². The van der Waals surface area contributed by atoms with Crippen molar-refractivity contribution in [3.63, 3.8) is 0 Å². The number of carbonyl (C=O) groups excluding carboxylic acids is 6. The van der Waals surface area contributed by atoms with Crippen molar-refractivity contribution in [2.75, 3.05) is 18.1 Å². The molecule has 264 valence electrons. The minimum atomic E-state index is -1.46. The summed E-state index contributed by atoms with van der Waals surface area (Å²) < 4.78 is 0. The molecule has 3 aliphatic rings. The Morgan fingerprint density at radius 1 is 1.02 bits per heavy atom. The van der Waals surface area contributed by atoms with Gasteiger partial charge in [-0.25, -0.2) is 10.9 Å². The summed E-state index contributed by atoms with van der Waals surface area (Å²) in [5, 5.41) is 16.4. The summed E-state index contributed by atoms with van der Waals surface area (Å²) >= 11 is 1.36. The zero-order valence-electron chi connectivity index (χ0n) is 29.1. The van der Waals surface area contributed by atoms with Gasteiger partial charge in [0.25, 0.3) is 0 Å². The van der Waals surface area contributed by atoms with Gasteiger partial charge in [-0.15, -0.1) is 0 Å². The largest absolute Gasteiger partial charge is 0.381 e. The lowest BCUT2D eigenvalue weighted by Crippen LogP contribution is -2.54. The molecule has 2 amide bonds. The predicted molar refractivity (Wildman–Crippen MR) is 188 cm³/mol. The van der Waals surface area contributed by atoms with Gasteiger partial charge in [-0.3, -0.25) is 24.0 Å². The number of thioether (sulfide) groups is 1. The topological polar surface area (TPSA) is 171 Å². The maximum atomic E-state index is 13.7. The van der Waals surface area contributed by atoms with E-state index in [9.17, 15) is 33.9 Å². The third-order valence-corrected chi connectivity index (χ3v) is 10.8. The summed E-state index contributed by atoms with van der Waals surface area (Å²) in [5.74, 6) is -2.23. The normalized spacial score (nSPS) is 21.2. The number of carbonyl (C=O) groups is 6. The number of Topliss-reactive ketones (excluding diaryl/α,β-unsaturated/α-hetero) is 3. The van der Waals surface area contributed by atoms with Crippen LogP contribution in [-0.4, -0.2) is 82.3 Å². The van der Waals surface area contributed by atoms with Gasteiger partial charge in [0.05, 0.1) is 18.6 Å². The van der Waals surface area contributed by atoms with Crippen molar-refractivity contribution in [3.8, 4) is 0 Å². The summed E-state index contributed by atoms with van der Waals surface area (Å²) in [6.45, 7) is 10.5. The molecule has 4 atom stereocenters. The number of rotatable bonds is 18. The summed E-state index contributed by atoms with van der Waals surface area (Å²) in [6.07, 6.45) is 4.66. The first kappa shape index (κ1) is 38.1. The lowest BCUT2D eigenvalue weighted by molar-refractivity contribution is -0.140. The number of aliphatic hydroxyl groups is 1. The van der Waals surface area contributed by atoms with E-state index in [4.69, 9.17) is 0 Å². The fourth-order valence-corrected chi connectivity index (χ4v) is 8.04. The lowest BCUT2D eigenvalue weighted by atomic mass is 9.67. The first-order chi connectivity index (χ1) is 23.1. The molecule has 11 nitrogen and oxygen atoms in total. The standard InChI is InChI=1S/C37H48N4O7S/c1-21(2)14-26(18-42)41-38-17-31(44)40-29(16-25-10-8-7-9-11-25)33(45)34(46)30(39-24(5)43)20-49-19-28-22(3)15-27-32(28)23(4)37(12-13-37)36(6,48)35(27)47/h7-11,15,18,21,26,29-30,38,41,48H,12-14,16-17,19-20H2,1-6H3,(H,39,43)(H,40,44)/t26-,29-,30-,36-/m0/s1. The maximum absolute atomic E-state index is 13.7. The van der Waals surface area contributed by atoms with Gasteiger partial charge in [0.15, 0.2) is 5.78 Å². The van der Waals surface area contributed by atoms with Gasteiger partial charge in [0.1, 0.15) is 17.9 Å². The molecule has 0 unspecified atom stereocenters. The highest BCUT2D eigenvalue weighted by Gasteiger charge is 2.65. The molecule has 4 rings (SSSR count). The van der Waals surface area contributed by atoms with Crippen molar-refractivity contribution in [1.82, 2.24) is 21.5 Å². The van der Waals surface area contributed by atoms with E-state index in [1.165, 1.54) is 18.7 Å². The van der Waals surface area contributed by atoms with Gasteiger partial charge in [-0.1, -0.05) is 49.8 Å². The van der Waals surface area contributed by atoms with Crippen LogP contribution in [0.5, 0.6) is 0 Å². The highest BCUT2D eigenvalue weighted by Crippen LogP contribution is 2.65. The van der Waals surface area contributed by atoms with Gasteiger partial charge < -0.3 is 20.5 Å². The van der Waals surface area contributed by atoms with Gasteiger partial charge in [-0.2, -0.15) is 11.8 Å². The van der Waals surface area contributed by atoms with E-state index >= 15 is 0 Å². The third-order valence-electron chi connectivity index (χ3n) is 9.70. The molecule has 0 aromatic heterocycles. The van der Waals surface area contributed by atoms with E-state index < -0.39 is 52.5 Å². The van der Waals surface area contributed by atoms with Gasteiger partial charge in [0, 0.05) is 35.8 Å². The molecule has 1 fully saturated rings. The number of fused-ring (bicyclic) bond motifs is 1. The molecular weight excluding hydrogens is 644 g/mol. The van der Waals surface area contributed by atoms with Crippen LogP contribution in [0.15, 0.2) is 64.3 Å². The van der Waals surface area contributed by atoms with Crippen LogP contribution in [0.4, 0.5) is 0 Å². The van der Waals surface area contributed by atoms with Crippen LogP contribution in [-0.2, 0) is 35.2 Å². The van der Waals surface area contributed by atoms with Crippen molar-refractivity contribution in [2.45, 2.75) is 91.0 Å². The number of nitrogens with one attached hydrogen (secondary N) is 4. The van der Waals surface area contributed by atoms with Crippen molar-refractivity contribution in [2.24, 2.45) is 11.3 Å². The Hall–Kier alpha value is -3.71. The van der Waals surface area contributed by atoms with Gasteiger partial charge >= 0.3 is 0 Å². The fraction of sp³-hybridized carbons (Fsp3) is 0.514. The number of allylic oxidation sites excluding steroid dienone is 3. The Kier molecular flexibility index (Phi) is 12.3.